The lowest BCUT2D eigenvalue weighted by molar-refractivity contribution is -0.121. The van der Waals surface area contributed by atoms with E-state index in [1.165, 1.54) is 21.3 Å². The molecule has 1 fully saturated rings. The first-order valence-corrected chi connectivity index (χ1v) is 10.9. The number of hydrogen-bond acceptors (Lipinski definition) is 7. The molecule has 0 bridgehead atoms. The number of carbonyl (C=O) groups is 2. The fourth-order valence-electron chi connectivity index (χ4n) is 4.37. The lowest BCUT2D eigenvalue weighted by Crippen LogP contribution is -2.50. The summed E-state index contributed by atoms with van der Waals surface area (Å²) in [5.41, 5.74) is 1.74. The highest BCUT2D eigenvalue weighted by atomic mass is 32.2. The van der Waals surface area contributed by atoms with E-state index in [4.69, 9.17) is 18.9 Å². The van der Waals surface area contributed by atoms with E-state index in [1.54, 1.807) is 48.0 Å². The summed E-state index contributed by atoms with van der Waals surface area (Å²) in [5, 5.41) is 2.64. The number of fused-ring (bicyclic) bond motifs is 3. The summed E-state index contributed by atoms with van der Waals surface area (Å²) in [4.78, 5) is 28.7. The molecule has 1 saturated heterocycles. The zero-order valence-electron chi connectivity index (χ0n) is 18.8. The van der Waals surface area contributed by atoms with Crippen LogP contribution in [0, 0.1) is 0 Å². The first-order valence-electron chi connectivity index (χ1n) is 10.1. The van der Waals surface area contributed by atoms with Crippen molar-refractivity contribution in [3.05, 3.63) is 41.5 Å². The van der Waals surface area contributed by atoms with Gasteiger partial charge in [0.2, 0.25) is 5.91 Å². The van der Waals surface area contributed by atoms with Gasteiger partial charge in [-0.15, -0.1) is 11.8 Å². The number of nitrogens with one attached hydrogen (secondary N) is 1. The van der Waals surface area contributed by atoms with E-state index < -0.39 is 10.8 Å². The molecule has 2 aromatic rings. The van der Waals surface area contributed by atoms with E-state index in [1.807, 2.05) is 19.9 Å². The summed E-state index contributed by atoms with van der Waals surface area (Å²) in [6, 6.07) is 8.10. The normalized spacial score (nSPS) is 20.4. The van der Waals surface area contributed by atoms with E-state index >= 15 is 0 Å². The molecule has 0 spiro atoms. The Morgan fingerprint density at radius 1 is 1.00 bits per heavy atom. The molecule has 2 aromatic carbocycles. The van der Waals surface area contributed by atoms with Crippen molar-refractivity contribution in [2.45, 2.75) is 30.0 Å². The standard InChI is InChI=1S/C23H26N2O6S/c1-23(2)19(20(26)24-14-11-12(28-3)7-9-15(14)29-4)25-21(27)17-13(22(25)32-23)8-10-16(30-5)18(17)31-6/h7-11,19,22H,1-6H3,(H,24,26)/t19-,22-/m1/s1. The molecule has 0 radical (unpaired) electrons. The second kappa shape index (κ2) is 8.12. The second-order valence-corrected chi connectivity index (χ2v) is 9.74. The van der Waals surface area contributed by atoms with Gasteiger partial charge < -0.3 is 29.2 Å². The van der Waals surface area contributed by atoms with Crippen molar-refractivity contribution in [1.29, 1.82) is 0 Å². The third-order valence-electron chi connectivity index (χ3n) is 5.81. The first-order chi connectivity index (χ1) is 15.3. The molecule has 4 rings (SSSR count). The van der Waals surface area contributed by atoms with Gasteiger partial charge in [0.25, 0.3) is 5.91 Å². The highest BCUT2D eigenvalue weighted by Crippen LogP contribution is 2.58. The van der Waals surface area contributed by atoms with Crippen LogP contribution < -0.4 is 24.3 Å². The maximum atomic E-state index is 13.6. The van der Waals surface area contributed by atoms with Gasteiger partial charge in [-0.2, -0.15) is 0 Å². The molecular formula is C23H26N2O6S. The SMILES string of the molecule is COc1ccc(OC)c(NC(=O)[C@H]2N3C(=O)c4c(ccc(OC)c4OC)[C@H]3SC2(C)C)c1. The molecule has 0 saturated carbocycles. The number of carbonyl (C=O) groups excluding carboxylic acids is 2. The van der Waals surface area contributed by atoms with E-state index in [-0.39, 0.29) is 17.2 Å². The Hall–Kier alpha value is -3.07. The summed E-state index contributed by atoms with van der Waals surface area (Å²) in [5.74, 6) is 1.39. The molecule has 9 heteroatoms. The highest BCUT2D eigenvalue weighted by molar-refractivity contribution is 8.01. The average molecular weight is 459 g/mol. The number of anilines is 1. The Morgan fingerprint density at radius 2 is 1.69 bits per heavy atom. The molecule has 0 aliphatic carbocycles. The first kappa shape index (κ1) is 22.1. The number of thioether (sulfide) groups is 1. The number of nitrogens with zero attached hydrogens (tertiary/aromatic N) is 1. The Morgan fingerprint density at radius 3 is 2.31 bits per heavy atom. The predicted molar refractivity (Wildman–Crippen MR) is 122 cm³/mol. The van der Waals surface area contributed by atoms with Crippen LogP contribution in [-0.4, -0.2) is 55.9 Å². The largest absolute Gasteiger partial charge is 0.497 e. The molecule has 2 amide bonds. The van der Waals surface area contributed by atoms with Crippen LogP contribution in [0.1, 0.15) is 35.1 Å². The Labute approximate surface area is 191 Å². The van der Waals surface area contributed by atoms with Crippen LogP contribution >= 0.6 is 11.8 Å². The van der Waals surface area contributed by atoms with Crippen LogP contribution in [0.2, 0.25) is 0 Å². The minimum absolute atomic E-state index is 0.253. The van der Waals surface area contributed by atoms with Gasteiger partial charge in [0.05, 0.1) is 39.7 Å². The Kier molecular flexibility index (Phi) is 5.62. The van der Waals surface area contributed by atoms with Crippen LogP contribution in [0.3, 0.4) is 0 Å². The molecule has 2 aliphatic heterocycles. The van der Waals surface area contributed by atoms with E-state index in [0.717, 1.165) is 5.56 Å². The maximum Gasteiger partial charge on any atom is 0.260 e. The van der Waals surface area contributed by atoms with Crippen molar-refractivity contribution in [2.24, 2.45) is 0 Å². The van der Waals surface area contributed by atoms with Crippen molar-refractivity contribution >= 4 is 29.3 Å². The monoisotopic (exact) mass is 458 g/mol. The maximum absolute atomic E-state index is 13.6. The Balaban J connectivity index is 1.72. The van der Waals surface area contributed by atoms with Gasteiger partial charge in [0.1, 0.15) is 22.9 Å². The summed E-state index contributed by atoms with van der Waals surface area (Å²) in [7, 11) is 6.12. The smallest absolute Gasteiger partial charge is 0.260 e. The summed E-state index contributed by atoms with van der Waals surface area (Å²) < 4.78 is 21.0. The van der Waals surface area contributed by atoms with Crippen molar-refractivity contribution in [3.8, 4) is 23.0 Å². The summed E-state index contributed by atoms with van der Waals surface area (Å²) in [6.07, 6.45) is 0. The third kappa shape index (κ3) is 3.31. The molecule has 2 heterocycles. The van der Waals surface area contributed by atoms with Crippen LogP contribution in [0.25, 0.3) is 0 Å². The topological polar surface area (TPSA) is 86.3 Å². The van der Waals surface area contributed by atoms with Crippen molar-refractivity contribution in [3.63, 3.8) is 0 Å². The molecule has 32 heavy (non-hydrogen) atoms. The molecule has 170 valence electrons. The fraction of sp³-hybridized carbons (Fsp3) is 0.391. The zero-order chi connectivity index (χ0) is 23.2. The number of methoxy groups -OCH3 is 4. The lowest BCUT2D eigenvalue weighted by Gasteiger charge is -2.29. The number of hydrogen-bond donors (Lipinski definition) is 1. The zero-order valence-corrected chi connectivity index (χ0v) is 19.7. The van der Waals surface area contributed by atoms with Crippen LogP contribution in [0.4, 0.5) is 5.69 Å². The minimum Gasteiger partial charge on any atom is -0.497 e. The van der Waals surface area contributed by atoms with Crippen molar-refractivity contribution in [2.75, 3.05) is 33.8 Å². The Bertz CT molecular complexity index is 1090. The van der Waals surface area contributed by atoms with Gasteiger partial charge in [0, 0.05) is 16.4 Å². The molecular weight excluding hydrogens is 432 g/mol. The van der Waals surface area contributed by atoms with Gasteiger partial charge in [-0.1, -0.05) is 6.07 Å². The molecule has 1 N–H and O–H groups in total. The van der Waals surface area contributed by atoms with E-state index in [9.17, 15) is 9.59 Å². The minimum atomic E-state index is -0.719. The van der Waals surface area contributed by atoms with E-state index in [2.05, 4.69) is 5.32 Å². The van der Waals surface area contributed by atoms with Crippen molar-refractivity contribution < 1.29 is 28.5 Å². The molecule has 2 aliphatic rings. The lowest BCUT2D eigenvalue weighted by atomic mass is 10.0. The molecule has 0 unspecified atom stereocenters. The third-order valence-corrected chi connectivity index (χ3v) is 7.34. The van der Waals surface area contributed by atoms with Gasteiger partial charge in [-0.25, -0.2) is 0 Å². The quantitative estimate of drug-likeness (QED) is 0.706. The number of ether oxygens (including phenoxy) is 4. The highest BCUT2D eigenvalue weighted by Gasteiger charge is 2.58. The fourth-order valence-corrected chi connectivity index (χ4v) is 5.95. The summed E-state index contributed by atoms with van der Waals surface area (Å²) >= 11 is 1.57. The van der Waals surface area contributed by atoms with Gasteiger partial charge >= 0.3 is 0 Å². The molecule has 2 atom stereocenters. The predicted octanol–water partition coefficient (Wildman–Crippen LogP) is 3.71. The van der Waals surface area contributed by atoms with Crippen LogP contribution in [0.15, 0.2) is 30.3 Å². The number of rotatable bonds is 6. The molecule has 8 nitrogen and oxygen atoms in total. The van der Waals surface area contributed by atoms with Gasteiger partial charge in [-0.05, 0) is 32.0 Å². The van der Waals surface area contributed by atoms with Gasteiger partial charge in [-0.3, -0.25) is 9.59 Å². The number of amides is 2. The average Bonchev–Trinajstić information content (AvgIpc) is 3.21. The van der Waals surface area contributed by atoms with Crippen LogP contribution in [-0.2, 0) is 4.79 Å². The molecule has 0 aromatic heterocycles. The summed E-state index contributed by atoms with van der Waals surface area (Å²) in [6.45, 7) is 3.94. The number of benzene rings is 2. The second-order valence-electron chi connectivity index (χ2n) is 8.01. The van der Waals surface area contributed by atoms with E-state index in [0.29, 0.717) is 34.2 Å². The van der Waals surface area contributed by atoms with Crippen LogP contribution in [0.5, 0.6) is 23.0 Å². The van der Waals surface area contributed by atoms with Crippen molar-refractivity contribution in [1.82, 2.24) is 4.90 Å². The van der Waals surface area contributed by atoms with Gasteiger partial charge in [0.15, 0.2) is 11.5 Å².